The number of nitrogens with one attached hydrogen (secondary N) is 2. The van der Waals surface area contributed by atoms with Crippen LogP contribution in [0.4, 0.5) is 0 Å². The van der Waals surface area contributed by atoms with Gasteiger partial charge in [0, 0.05) is 25.4 Å². The van der Waals surface area contributed by atoms with Gasteiger partial charge < -0.3 is 0 Å². The molecule has 8 heteroatoms. The van der Waals surface area contributed by atoms with Gasteiger partial charge in [0.25, 0.3) is 0 Å². The summed E-state index contributed by atoms with van der Waals surface area (Å²) >= 11 is 0. The Morgan fingerprint density at radius 2 is 1.52 bits per heavy atom. The van der Waals surface area contributed by atoms with E-state index in [2.05, 4.69) is 10.9 Å². The van der Waals surface area contributed by atoms with Crippen LogP contribution in [0.25, 0.3) is 0 Å². The zero-order chi connectivity index (χ0) is 20.7. The summed E-state index contributed by atoms with van der Waals surface area (Å²) in [5, 5.41) is 0. The fourth-order valence-electron chi connectivity index (χ4n) is 4.00. The van der Waals surface area contributed by atoms with Crippen molar-refractivity contribution >= 4 is 21.8 Å². The van der Waals surface area contributed by atoms with Crippen molar-refractivity contribution in [2.45, 2.75) is 69.1 Å². The molecule has 2 amide bonds. The molecule has 2 aliphatic rings. The molecule has 1 aliphatic carbocycles. The molecule has 0 spiro atoms. The van der Waals surface area contributed by atoms with Gasteiger partial charge in [0.1, 0.15) is 0 Å². The first kappa shape index (κ1) is 21.8. The zero-order valence-electron chi connectivity index (χ0n) is 16.9. The van der Waals surface area contributed by atoms with Gasteiger partial charge in [-0.2, -0.15) is 4.31 Å². The van der Waals surface area contributed by atoms with E-state index in [-0.39, 0.29) is 24.2 Å². The number of amides is 2. The highest BCUT2D eigenvalue weighted by molar-refractivity contribution is 7.89. The van der Waals surface area contributed by atoms with Gasteiger partial charge in [-0.05, 0) is 49.8 Å². The maximum Gasteiger partial charge on any atom is 0.243 e. The van der Waals surface area contributed by atoms with Crippen molar-refractivity contribution < 1.29 is 18.0 Å². The van der Waals surface area contributed by atoms with Crippen LogP contribution < -0.4 is 10.9 Å². The van der Waals surface area contributed by atoms with Crippen LogP contribution in [0.5, 0.6) is 0 Å². The van der Waals surface area contributed by atoms with Crippen LogP contribution in [0.3, 0.4) is 0 Å². The fraction of sp³-hybridized carbons (Fsp3) is 0.619. The molecule has 0 bridgehead atoms. The molecule has 1 aromatic carbocycles. The lowest BCUT2D eigenvalue weighted by Gasteiger charge is -2.25. The predicted molar refractivity (Wildman–Crippen MR) is 110 cm³/mol. The summed E-state index contributed by atoms with van der Waals surface area (Å²) < 4.78 is 26.9. The van der Waals surface area contributed by atoms with Gasteiger partial charge in [0.05, 0.1) is 4.90 Å². The lowest BCUT2D eigenvalue weighted by Crippen LogP contribution is -2.45. The monoisotopic (exact) mass is 421 g/mol. The Bertz CT molecular complexity index is 796. The second-order valence-electron chi connectivity index (χ2n) is 7.98. The summed E-state index contributed by atoms with van der Waals surface area (Å²) in [5.41, 5.74) is 5.90. The molecule has 160 valence electrons. The Morgan fingerprint density at radius 1 is 0.897 bits per heavy atom. The minimum Gasteiger partial charge on any atom is -0.273 e. The van der Waals surface area contributed by atoms with Crippen LogP contribution in [0.15, 0.2) is 29.2 Å². The highest BCUT2D eigenvalue weighted by Crippen LogP contribution is 2.23. The molecule has 29 heavy (non-hydrogen) atoms. The average molecular weight is 422 g/mol. The van der Waals surface area contributed by atoms with Crippen LogP contribution in [-0.4, -0.2) is 37.6 Å². The van der Waals surface area contributed by atoms with Crippen molar-refractivity contribution in [2.75, 3.05) is 13.1 Å². The van der Waals surface area contributed by atoms with Gasteiger partial charge in [-0.3, -0.25) is 20.4 Å². The molecule has 1 aliphatic heterocycles. The highest BCUT2D eigenvalue weighted by Gasteiger charge is 2.25. The highest BCUT2D eigenvalue weighted by atomic mass is 32.2. The van der Waals surface area contributed by atoms with Crippen LogP contribution in [0.2, 0.25) is 0 Å². The topological polar surface area (TPSA) is 95.6 Å². The van der Waals surface area contributed by atoms with Crippen LogP contribution in [-0.2, 0) is 26.0 Å². The molecule has 1 saturated carbocycles. The molecule has 2 fully saturated rings. The normalized spacial score (nSPS) is 18.9. The van der Waals surface area contributed by atoms with Crippen molar-refractivity contribution in [3.8, 4) is 0 Å². The number of piperidine rings is 1. The van der Waals surface area contributed by atoms with Crippen LogP contribution >= 0.6 is 0 Å². The SMILES string of the molecule is O=C(CCc1ccc(S(=O)(=O)N2CCCCC2)cc1)NNC(=O)C1CCCCC1. The maximum atomic E-state index is 12.7. The molecule has 2 N–H and O–H groups in total. The number of hydrogen-bond donors (Lipinski definition) is 2. The van der Waals surface area contributed by atoms with E-state index in [1.807, 2.05) is 0 Å². The van der Waals surface area contributed by atoms with E-state index in [0.29, 0.717) is 24.4 Å². The quantitative estimate of drug-likeness (QED) is 0.690. The third-order valence-electron chi connectivity index (χ3n) is 5.82. The first-order chi connectivity index (χ1) is 14.0. The summed E-state index contributed by atoms with van der Waals surface area (Å²) in [7, 11) is -3.43. The second kappa shape index (κ2) is 10.2. The number of nitrogens with zero attached hydrogens (tertiary/aromatic N) is 1. The Balaban J connectivity index is 1.44. The van der Waals surface area contributed by atoms with E-state index in [1.54, 1.807) is 28.6 Å². The summed E-state index contributed by atoms with van der Waals surface area (Å²) in [5.74, 6) is -0.358. The van der Waals surface area contributed by atoms with Crippen LogP contribution in [0.1, 0.15) is 63.4 Å². The Labute approximate surface area is 173 Å². The smallest absolute Gasteiger partial charge is 0.243 e. The molecular weight excluding hydrogens is 390 g/mol. The Hall–Kier alpha value is -1.93. The number of benzene rings is 1. The van der Waals surface area contributed by atoms with E-state index in [4.69, 9.17) is 0 Å². The van der Waals surface area contributed by atoms with Gasteiger partial charge in [-0.1, -0.05) is 37.8 Å². The number of carbonyl (C=O) groups excluding carboxylic acids is 2. The first-order valence-corrected chi connectivity index (χ1v) is 12.1. The van der Waals surface area contributed by atoms with Gasteiger partial charge in [0.2, 0.25) is 21.8 Å². The van der Waals surface area contributed by atoms with Gasteiger partial charge in [-0.15, -0.1) is 0 Å². The number of hydrazine groups is 1. The largest absolute Gasteiger partial charge is 0.273 e. The van der Waals surface area contributed by atoms with Crippen LogP contribution in [0, 0.1) is 5.92 Å². The number of sulfonamides is 1. The minimum absolute atomic E-state index is 0.00144. The molecule has 7 nitrogen and oxygen atoms in total. The molecule has 0 aromatic heterocycles. The van der Waals surface area contributed by atoms with E-state index in [9.17, 15) is 18.0 Å². The first-order valence-electron chi connectivity index (χ1n) is 10.6. The Morgan fingerprint density at radius 3 is 2.17 bits per heavy atom. The van der Waals surface area contributed by atoms with Crippen molar-refractivity contribution in [3.63, 3.8) is 0 Å². The zero-order valence-corrected chi connectivity index (χ0v) is 17.7. The standard InChI is InChI=1S/C21H31N3O4S/c25-20(22-23-21(26)18-7-3-1-4-8-18)14-11-17-9-12-19(13-10-17)29(27,28)24-15-5-2-6-16-24/h9-10,12-13,18H,1-8,11,14-16H2,(H,22,25)(H,23,26). The third kappa shape index (κ3) is 6.02. The molecule has 0 radical (unpaired) electrons. The fourth-order valence-corrected chi connectivity index (χ4v) is 5.52. The number of hydrogen-bond acceptors (Lipinski definition) is 4. The van der Waals surface area contributed by atoms with E-state index in [1.165, 1.54) is 6.42 Å². The van der Waals surface area contributed by atoms with Gasteiger partial charge in [-0.25, -0.2) is 8.42 Å². The number of rotatable bonds is 6. The number of carbonyl (C=O) groups is 2. The van der Waals surface area contributed by atoms with Crippen molar-refractivity contribution in [2.24, 2.45) is 5.92 Å². The van der Waals surface area contributed by atoms with Crippen molar-refractivity contribution in [1.82, 2.24) is 15.2 Å². The van der Waals surface area contributed by atoms with E-state index in [0.717, 1.165) is 50.5 Å². The summed E-state index contributed by atoms with van der Waals surface area (Å²) in [4.78, 5) is 24.4. The molecule has 0 unspecified atom stereocenters. The summed E-state index contributed by atoms with van der Waals surface area (Å²) in [6, 6.07) is 6.74. The Kier molecular flexibility index (Phi) is 7.66. The second-order valence-corrected chi connectivity index (χ2v) is 9.92. The molecule has 0 atom stereocenters. The lowest BCUT2D eigenvalue weighted by atomic mass is 9.89. The lowest BCUT2D eigenvalue weighted by molar-refractivity contribution is -0.131. The van der Waals surface area contributed by atoms with Crippen molar-refractivity contribution in [3.05, 3.63) is 29.8 Å². The molecule has 1 heterocycles. The maximum absolute atomic E-state index is 12.7. The molecule has 3 rings (SSSR count). The van der Waals surface area contributed by atoms with Gasteiger partial charge in [0.15, 0.2) is 0 Å². The molecule has 1 aromatic rings. The summed E-state index contributed by atoms with van der Waals surface area (Å²) in [6.45, 7) is 1.16. The summed E-state index contributed by atoms with van der Waals surface area (Å²) in [6.07, 6.45) is 8.67. The minimum atomic E-state index is -3.43. The van der Waals surface area contributed by atoms with E-state index >= 15 is 0 Å². The average Bonchev–Trinajstić information content (AvgIpc) is 2.77. The molecular formula is C21H31N3O4S. The van der Waals surface area contributed by atoms with Crippen molar-refractivity contribution in [1.29, 1.82) is 0 Å². The third-order valence-corrected chi connectivity index (χ3v) is 7.73. The van der Waals surface area contributed by atoms with Gasteiger partial charge >= 0.3 is 0 Å². The van der Waals surface area contributed by atoms with E-state index < -0.39 is 10.0 Å². The number of aryl methyl sites for hydroxylation is 1. The predicted octanol–water partition coefficient (Wildman–Crippen LogP) is 2.52. The molecule has 1 saturated heterocycles.